The largest absolute Gasteiger partial charge is 0.463 e. The maximum atomic E-state index is 5.62. The molecule has 0 aliphatic rings. The second-order valence-electron chi connectivity index (χ2n) is 4.70. The van der Waals surface area contributed by atoms with Gasteiger partial charge in [-0.05, 0) is 12.5 Å². The van der Waals surface area contributed by atoms with Gasteiger partial charge >= 0.3 is 6.01 Å². The first-order chi connectivity index (χ1) is 10.3. The van der Waals surface area contributed by atoms with E-state index >= 15 is 0 Å². The van der Waals surface area contributed by atoms with Crippen LogP contribution in [0.3, 0.4) is 0 Å². The highest BCUT2D eigenvalue weighted by atomic mass is 16.5. The molecule has 2 aromatic heterocycles. The lowest BCUT2D eigenvalue weighted by Crippen LogP contribution is -2.10. The van der Waals surface area contributed by atoms with Gasteiger partial charge in [0.2, 0.25) is 5.95 Å². The van der Waals surface area contributed by atoms with Crippen LogP contribution in [-0.2, 0) is 0 Å². The fourth-order valence-corrected chi connectivity index (χ4v) is 1.88. The van der Waals surface area contributed by atoms with Crippen LogP contribution in [0.5, 0.6) is 6.01 Å². The average molecular weight is 290 g/mol. The van der Waals surface area contributed by atoms with Gasteiger partial charge in [-0.15, -0.1) is 0 Å². The van der Waals surface area contributed by atoms with E-state index < -0.39 is 0 Å². The van der Waals surface area contributed by atoms with E-state index in [1.165, 1.54) is 25.7 Å². The van der Waals surface area contributed by atoms with Gasteiger partial charge in [0.15, 0.2) is 0 Å². The van der Waals surface area contributed by atoms with Gasteiger partial charge in [-0.1, -0.05) is 32.6 Å². The molecule has 2 heterocycles. The average Bonchev–Trinajstić information content (AvgIpc) is 3.05. The summed E-state index contributed by atoms with van der Waals surface area (Å²) in [4.78, 5) is 12.7. The number of ether oxygens (including phenoxy) is 1. The molecule has 114 valence electrons. The van der Waals surface area contributed by atoms with Gasteiger partial charge in [0, 0.05) is 19.4 Å². The Balaban J connectivity index is 1.94. The van der Waals surface area contributed by atoms with E-state index in [0.29, 0.717) is 24.5 Å². The Labute approximate surface area is 124 Å². The molecule has 1 N–H and O–H groups in total. The van der Waals surface area contributed by atoms with Crippen molar-refractivity contribution in [1.29, 1.82) is 0 Å². The summed E-state index contributed by atoms with van der Waals surface area (Å²) >= 11 is 0. The minimum absolute atomic E-state index is 0.329. The predicted molar refractivity (Wildman–Crippen MR) is 80.7 cm³/mol. The number of hydrogen-bond donors (Lipinski definition) is 1. The number of rotatable bonds is 9. The normalized spacial score (nSPS) is 10.6. The monoisotopic (exact) mass is 290 g/mol. The molecular formula is C14H22N6O. The second kappa shape index (κ2) is 8.18. The summed E-state index contributed by atoms with van der Waals surface area (Å²) in [5, 5.41) is 7.02. The molecule has 21 heavy (non-hydrogen) atoms. The standard InChI is InChI=1S/C14H22N6O/c1-3-4-5-6-7-11-21-14-18-12(15-2)17-13(19-14)20-10-8-9-16-20/h8-10H,3-7,11H2,1-2H3,(H,15,17,18,19). The lowest BCUT2D eigenvalue weighted by atomic mass is 10.2. The lowest BCUT2D eigenvalue weighted by molar-refractivity contribution is 0.280. The Kier molecular flexibility index (Phi) is 5.93. The zero-order valence-electron chi connectivity index (χ0n) is 12.6. The van der Waals surface area contributed by atoms with E-state index in [1.807, 2.05) is 6.07 Å². The molecule has 2 rings (SSSR count). The molecule has 0 saturated heterocycles. The summed E-state index contributed by atoms with van der Waals surface area (Å²) in [6, 6.07) is 2.15. The van der Waals surface area contributed by atoms with Crippen LogP contribution in [0.1, 0.15) is 39.0 Å². The van der Waals surface area contributed by atoms with Crippen LogP contribution in [0, 0.1) is 0 Å². The van der Waals surface area contributed by atoms with Crippen molar-refractivity contribution in [2.75, 3.05) is 19.0 Å². The highest BCUT2D eigenvalue weighted by molar-refractivity contribution is 5.28. The van der Waals surface area contributed by atoms with Crippen molar-refractivity contribution in [2.24, 2.45) is 0 Å². The van der Waals surface area contributed by atoms with Crippen LogP contribution in [-0.4, -0.2) is 38.4 Å². The zero-order valence-corrected chi connectivity index (χ0v) is 12.6. The molecule has 0 saturated carbocycles. The molecular weight excluding hydrogens is 268 g/mol. The number of nitrogens with one attached hydrogen (secondary N) is 1. The summed E-state index contributed by atoms with van der Waals surface area (Å²) in [5.41, 5.74) is 0. The zero-order chi connectivity index (χ0) is 14.9. The SMILES string of the molecule is CCCCCCCOc1nc(NC)nc(-n2cccn2)n1. The van der Waals surface area contributed by atoms with Crippen molar-refractivity contribution >= 4 is 5.95 Å². The summed E-state index contributed by atoms with van der Waals surface area (Å²) in [7, 11) is 1.76. The highest BCUT2D eigenvalue weighted by Gasteiger charge is 2.08. The Morgan fingerprint density at radius 1 is 1.14 bits per heavy atom. The van der Waals surface area contributed by atoms with Crippen molar-refractivity contribution in [2.45, 2.75) is 39.0 Å². The van der Waals surface area contributed by atoms with Gasteiger partial charge in [-0.25, -0.2) is 4.68 Å². The minimum Gasteiger partial charge on any atom is -0.463 e. The fourth-order valence-electron chi connectivity index (χ4n) is 1.88. The first-order valence-electron chi connectivity index (χ1n) is 7.40. The van der Waals surface area contributed by atoms with Crippen LogP contribution in [0.15, 0.2) is 18.5 Å². The van der Waals surface area contributed by atoms with Crippen molar-refractivity contribution in [3.05, 3.63) is 18.5 Å². The Morgan fingerprint density at radius 2 is 2.00 bits per heavy atom. The van der Waals surface area contributed by atoms with Crippen molar-refractivity contribution in [3.8, 4) is 12.0 Å². The van der Waals surface area contributed by atoms with E-state index in [2.05, 4.69) is 32.3 Å². The molecule has 7 nitrogen and oxygen atoms in total. The van der Waals surface area contributed by atoms with Gasteiger partial charge in [-0.3, -0.25) is 0 Å². The number of hydrogen-bond acceptors (Lipinski definition) is 6. The van der Waals surface area contributed by atoms with Crippen molar-refractivity contribution < 1.29 is 4.74 Å². The van der Waals surface area contributed by atoms with Gasteiger partial charge in [0.1, 0.15) is 0 Å². The van der Waals surface area contributed by atoms with Gasteiger partial charge in [-0.2, -0.15) is 20.1 Å². The smallest absolute Gasteiger partial charge is 0.323 e. The topological polar surface area (TPSA) is 77.8 Å². The summed E-state index contributed by atoms with van der Waals surface area (Å²) in [6.07, 6.45) is 9.41. The summed E-state index contributed by atoms with van der Waals surface area (Å²) in [6.45, 7) is 2.83. The van der Waals surface area contributed by atoms with Crippen LogP contribution < -0.4 is 10.1 Å². The Morgan fingerprint density at radius 3 is 2.71 bits per heavy atom. The summed E-state index contributed by atoms with van der Waals surface area (Å²) in [5.74, 6) is 0.914. The molecule has 0 aliphatic carbocycles. The third kappa shape index (κ3) is 4.70. The molecule has 0 radical (unpaired) electrons. The number of nitrogens with zero attached hydrogens (tertiary/aromatic N) is 5. The number of unbranched alkanes of at least 4 members (excludes halogenated alkanes) is 4. The van der Waals surface area contributed by atoms with Crippen LogP contribution in [0.25, 0.3) is 5.95 Å². The van der Waals surface area contributed by atoms with E-state index in [1.54, 1.807) is 24.1 Å². The molecule has 7 heteroatoms. The lowest BCUT2D eigenvalue weighted by Gasteiger charge is -2.08. The molecule has 0 spiro atoms. The maximum absolute atomic E-state index is 5.62. The molecule has 0 fully saturated rings. The first-order valence-corrected chi connectivity index (χ1v) is 7.40. The van der Waals surface area contributed by atoms with E-state index in [-0.39, 0.29) is 0 Å². The molecule has 0 atom stereocenters. The number of aromatic nitrogens is 5. The van der Waals surface area contributed by atoms with Crippen molar-refractivity contribution in [3.63, 3.8) is 0 Å². The quantitative estimate of drug-likeness (QED) is 0.715. The molecule has 0 unspecified atom stereocenters. The van der Waals surface area contributed by atoms with Gasteiger partial charge in [0.05, 0.1) is 6.61 Å². The van der Waals surface area contributed by atoms with Gasteiger partial charge in [0.25, 0.3) is 5.95 Å². The van der Waals surface area contributed by atoms with E-state index in [4.69, 9.17) is 4.74 Å². The van der Waals surface area contributed by atoms with Gasteiger partial charge < -0.3 is 10.1 Å². The highest BCUT2D eigenvalue weighted by Crippen LogP contribution is 2.11. The molecule has 0 bridgehead atoms. The fraction of sp³-hybridized carbons (Fsp3) is 0.571. The molecule has 2 aromatic rings. The third-order valence-electron chi connectivity index (χ3n) is 3.02. The van der Waals surface area contributed by atoms with E-state index in [9.17, 15) is 0 Å². The van der Waals surface area contributed by atoms with Crippen LogP contribution in [0.4, 0.5) is 5.95 Å². The van der Waals surface area contributed by atoms with Crippen molar-refractivity contribution in [1.82, 2.24) is 24.7 Å². The van der Waals surface area contributed by atoms with Crippen LogP contribution in [0.2, 0.25) is 0 Å². The van der Waals surface area contributed by atoms with E-state index in [0.717, 1.165) is 6.42 Å². The Bertz CT molecular complexity index is 528. The molecule has 0 aromatic carbocycles. The Hall–Kier alpha value is -2.18. The second-order valence-corrected chi connectivity index (χ2v) is 4.70. The molecule has 0 amide bonds. The number of anilines is 1. The first kappa shape index (κ1) is 15.2. The summed E-state index contributed by atoms with van der Waals surface area (Å²) < 4.78 is 7.20. The molecule has 0 aliphatic heterocycles. The predicted octanol–water partition coefficient (Wildman–Crippen LogP) is 2.45. The van der Waals surface area contributed by atoms with Crippen LogP contribution >= 0.6 is 0 Å². The third-order valence-corrected chi connectivity index (χ3v) is 3.02. The maximum Gasteiger partial charge on any atom is 0.323 e. The minimum atomic E-state index is 0.329.